The topological polar surface area (TPSA) is 58.2 Å². The zero-order valence-corrected chi connectivity index (χ0v) is 14.4. The van der Waals surface area contributed by atoms with Gasteiger partial charge in [-0.1, -0.05) is 24.3 Å². The molecule has 5 heteroatoms. The largest absolute Gasteiger partial charge is 0.348 e. The number of anilines is 1. The Labute approximate surface area is 146 Å². The molecule has 1 saturated carbocycles. The van der Waals surface area contributed by atoms with E-state index in [0.29, 0.717) is 12.1 Å². The van der Waals surface area contributed by atoms with Crippen LogP contribution in [0.15, 0.2) is 53.4 Å². The lowest BCUT2D eigenvalue weighted by Gasteiger charge is -2.10. The molecule has 0 spiro atoms. The second kappa shape index (κ2) is 7.53. The zero-order chi connectivity index (χ0) is 16.9. The molecule has 0 bridgehead atoms. The molecule has 2 N–H and O–H groups in total. The van der Waals surface area contributed by atoms with Crippen LogP contribution in [0.1, 0.15) is 28.8 Å². The maximum atomic E-state index is 12.4. The van der Waals surface area contributed by atoms with Gasteiger partial charge in [0.05, 0.1) is 5.56 Å². The van der Waals surface area contributed by atoms with Crippen LogP contribution >= 0.6 is 11.8 Å². The Kier molecular flexibility index (Phi) is 5.20. The summed E-state index contributed by atoms with van der Waals surface area (Å²) >= 11 is 1.55. The molecule has 0 unspecified atom stereocenters. The van der Waals surface area contributed by atoms with Crippen LogP contribution in [0.25, 0.3) is 0 Å². The molecule has 24 heavy (non-hydrogen) atoms. The van der Waals surface area contributed by atoms with E-state index in [1.807, 2.05) is 54.8 Å². The van der Waals surface area contributed by atoms with E-state index in [4.69, 9.17) is 0 Å². The summed E-state index contributed by atoms with van der Waals surface area (Å²) in [7, 11) is 0. The SMILES string of the molecule is CSc1ccccc1C(=O)NCc1cccc(NC(=O)C2CC2)c1. The fourth-order valence-electron chi connectivity index (χ4n) is 2.46. The summed E-state index contributed by atoms with van der Waals surface area (Å²) in [4.78, 5) is 25.1. The summed E-state index contributed by atoms with van der Waals surface area (Å²) in [6.07, 6.45) is 3.92. The van der Waals surface area contributed by atoms with Crippen molar-refractivity contribution in [2.45, 2.75) is 24.3 Å². The van der Waals surface area contributed by atoms with E-state index in [0.717, 1.165) is 29.0 Å². The fraction of sp³-hybridized carbons (Fsp3) is 0.263. The van der Waals surface area contributed by atoms with Crippen molar-refractivity contribution in [3.05, 3.63) is 59.7 Å². The molecule has 0 heterocycles. The molecule has 2 amide bonds. The summed E-state index contributed by atoms with van der Waals surface area (Å²) in [5.41, 5.74) is 2.42. The van der Waals surface area contributed by atoms with Gasteiger partial charge < -0.3 is 10.6 Å². The number of carbonyl (C=O) groups is 2. The zero-order valence-electron chi connectivity index (χ0n) is 13.5. The van der Waals surface area contributed by atoms with Gasteiger partial charge in [-0.05, 0) is 48.9 Å². The normalized spacial score (nSPS) is 13.4. The number of thioether (sulfide) groups is 1. The molecule has 0 radical (unpaired) electrons. The summed E-state index contributed by atoms with van der Waals surface area (Å²) in [6.45, 7) is 0.425. The minimum atomic E-state index is -0.0904. The summed E-state index contributed by atoms with van der Waals surface area (Å²) in [5, 5.41) is 5.87. The van der Waals surface area contributed by atoms with Crippen molar-refractivity contribution in [3.8, 4) is 0 Å². The van der Waals surface area contributed by atoms with Gasteiger partial charge in [0.2, 0.25) is 5.91 Å². The highest BCUT2D eigenvalue weighted by atomic mass is 32.2. The minimum absolute atomic E-state index is 0.0880. The van der Waals surface area contributed by atoms with E-state index >= 15 is 0 Å². The quantitative estimate of drug-likeness (QED) is 0.789. The summed E-state index contributed by atoms with van der Waals surface area (Å²) < 4.78 is 0. The van der Waals surface area contributed by atoms with Crippen LogP contribution in [0.3, 0.4) is 0 Å². The highest BCUT2D eigenvalue weighted by Crippen LogP contribution is 2.30. The maximum Gasteiger partial charge on any atom is 0.252 e. The molecule has 4 nitrogen and oxygen atoms in total. The second-order valence-electron chi connectivity index (χ2n) is 5.85. The molecule has 3 rings (SSSR count). The van der Waals surface area contributed by atoms with Crippen LogP contribution in [0.2, 0.25) is 0 Å². The molecule has 1 aliphatic carbocycles. The molecule has 124 valence electrons. The first-order valence-electron chi connectivity index (χ1n) is 7.98. The second-order valence-corrected chi connectivity index (χ2v) is 6.69. The van der Waals surface area contributed by atoms with Gasteiger partial charge in [0.25, 0.3) is 5.91 Å². The molecular formula is C19H20N2O2S. The van der Waals surface area contributed by atoms with Crippen molar-refractivity contribution in [2.24, 2.45) is 5.92 Å². The highest BCUT2D eigenvalue weighted by molar-refractivity contribution is 7.98. The van der Waals surface area contributed by atoms with Crippen molar-refractivity contribution in [3.63, 3.8) is 0 Å². The lowest BCUT2D eigenvalue weighted by atomic mass is 10.1. The Balaban J connectivity index is 1.61. The third-order valence-corrected chi connectivity index (χ3v) is 4.74. The average molecular weight is 340 g/mol. The van der Waals surface area contributed by atoms with E-state index in [2.05, 4.69) is 10.6 Å². The van der Waals surface area contributed by atoms with Gasteiger partial charge in [0.1, 0.15) is 0 Å². The van der Waals surface area contributed by atoms with Crippen LogP contribution in [0.5, 0.6) is 0 Å². The van der Waals surface area contributed by atoms with Crippen molar-refractivity contribution in [2.75, 3.05) is 11.6 Å². The minimum Gasteiger partial charge on any atom is -0.348 e. The number of hydrogen-bond acceptors (Lipinski definition) is 3. The van der Waals surface area contributed by atoms with Crippen LogP contribution in [-0.2, 0) is 11.3 Å². The fourth-order valence-corrected chi connectivity index (χ4v) is 3.05. The van der Waals surface area contributed by atoms with Crippen LogP contribution < -0.4 is 10.6 Å². The first-order valence-corrected chi connectivity index (χ1v) is 9.21. The third kappa shape index (κ3) is 4.17. The number of nitrogens with one attached hydrogen (secondary N) is 2. The number of rotatable bonds is 6. The predicted molar refractivity (Wildman–Crippen MR) is 97.2 cm³/mol. The molecule has 0 atom stereocenters. The Hall–Kier alpha value is -2.27. The van der Waals surface area contributed by atoms with Crippen molar-refractivity contribution in [1.82, 2.24) is 5.32 Å². The first-order chi connectivity index (χ1) is 11.7. The number of benzene rings is 2. The van der Waals surface area contributed by atoms with Gasteiger partial charge in [-0.2, -0.15) is 0 Å². The Morgan fingerprint density at radius 1 is 1.12 bits per heavy atom. The Morgan fingerprint density at radius 2 is 1.92 bits per heavy atom. The smallest absolute Gasteiger partial charge is 0.252 e. The molecule has 1 aliphatic rings. The van der Waals surface area contributed by atoms with Crippen molar-refractivity contribution >= 4 is 29.3 Å². The van der Waals surface area contributed by atoms with Crippen molar-refractivity contribution < 1.29 is 9.59 Å². The van der Waals surface area contributed by atoms with E-state index < -0.39 is 0 Å². The molecule has 2 aromatic rings. The van der Waals surface area contributed by atoms with Crippen LogP contribution in [-0.4, -0.2) is 18.1 Å². The van der Waals surface area contributed by atoms with Crippen LogP contribution in [0, 0.1) is 5.92 Å². The highest BCUT2D eigenvalue weighted by Gasteiger charge is 2.29. The molecule has 2 aromatic carbocycles. The molecule has 0 saturated heterocycles. The van der Waals surface area contributed by atoms with E-state index in [1.165, 1.54) is 0 Å². The third-order valence-electron chi connectivity index (χ3n) is 3.95. The van der Waals surface area contributed by atoms with Gasteiger partial charge >= 0.3 is 0 Å². The van der Waals surface area contributed by atoms with Gasteiger partial charge in [-0.3, -0.25) is 9.59 Å². The number of carbonyl (C=O) groups excluding carboxylic acids is 2. The predicted octanol–water partition coefficient (Wildman–Crippen LogP) is 3.69. The van der Waals surface area contributed by atoms with Gasteiger partial charge in [0, 0.05) is 23.0 Å². The van der Waals surface area contributed by atoms with Crippen molar-refractivity contribution in [1.29, 1.82) is 0 Å². The number of amides is 2. The lowest BCUT2D eigenvalue weighted by Crippen LogP contribution is -2.23. The maximum absolute atomic E-state index is 12.4. The van der Waals surface area contributed by atoms with Gasteiger partial charge in [0.15, 0.2) is 0 Å². The summed E-state index contributed by atoms with van der Waals surface area (Å²) in [6, 6.07) is 15.2. The van der Waals surface area contributed by atoms with E-state index in [-0.39, 0.29) is 17.7 Å². The Morgan fingerprint density at radius 3 is 2.67 bits per heavy atom. The first kappa shape index (κ1) is 16.6. The lowest BCUT2D eigenvalue weighted by molar-refractivity contribution is -0.117. The van der Waals surface area contributed by atoms with E-state index in [9.17, 15) is 9.59 Å². The average Bonchev–Trinajstić information content (AvgIpc) is 3.45. The van der Waals surface area contributed by atoms with E-state index in [1.54, 1.807) is 11.8 Å². The molecule has 1 fully saturated rings. The van der Waals surface area contributed by atoms with Gasteiger partial charge in [-0.15, -0.1) is 11.8 Å². The van der Waals surface area contributed by atoms with Gasteiger partial charge in [-0.25, -0.2) is 0 Å². The molecular weight excluding hydrogens is 320 g/mol. The molecule has 0 aromatic heterocycles. The molecule has 0 aliphatic heterocycles. The monoisotopic (exact) mass is 340 g/mol. The summed E-state index contributed by atoms with van der Waals surface area (Å²) in [5.74, 6) is 0.175. The Bertz CT molecular complexity index is 757. The van der Waals surface area contributed by atoms with Crippen LogP contribution in [0.4, 0.5) is 5.69 Å². The number of hydrogen-bond donors (Lipinski definition) is 2. The standard InChI is InChI=1S/C19H20N2O2S/c1-24-17-8-3-2-7-16(17)19(23)20-12-13-5-4-6-15(11-13)21-18(22)14-9-10-14/h2-8,11,14H,9-10,12H2,1H3,(H,20,23)(H,21,22).